The van der Waals surface area contributed by atoms with E-state index in [1.165, 1.54) is 0 Å². The lowest BCUT2D eigenvalue weighted by molar-refractivity contribution is -0.131. The monoisotopic (exact) mass is 243 g/mol. The van der Waals surface area contributed by atoms with Crippen LogP contribution in [-0.2, 0) is 4.79 Å². The summed E-state index contributed by atoms with van der Waals surface area (Å²) in [7, 11) is 1.84. The highest BCUT2D eigenvalue weighted by Crippen LogP contribution is 2.17. The van der Waals surface area contributed by atoms with E-state index in [9.17, 15) is 4.79 Å². The molecule has 0 radical (unpaired) electrons. The second-order valence-corrected chi connectivity index (χ2v) is 4.83. The zero-order valence-corrected chi connectivity index (χ0v) is 10.9. The number of thiocarbonyl (C=S) groups is 1. The maximum Gasteiger partial charge on any atom is 0.236 e. The SMILES string of the molecule is CCN(C)C(=O)CN1CCC(C(N)=S)CC1. The second-order valence-electron chi connectivity index (χ2n) is 4.36. The fourth-order valence-electron chi connectivity index (χ4n) is 1.86. The van der Waals surface area contributed by atoms with Crippen molar-refractivity contribution in [3.63, 3.8) is 0 Å². The number of piperidine rings is 1. The van der Waals surface area contributed by atoms with Crippen LogP contribution in [0, 0.1) is 5.92 Å². The molecule has 5 heteroatoms. The molecule has 0 aliphatic carbocycles. The Kier molecular flexibility index (Phi) is 5.15. The molecule has 1 saturated heterocycles. The second kappa shape index (κ2) is 6.15. The van der Waals surface area contributed by atoms with Crippen molar-refractivity contribution in [2.45, 2.75) is 19.8 Å². The van der Waals surface area contributed by atoms with Crippen molar-refractivity contribution < 1.29 is 4.79 Å². The number of carbonyl (C=O) groups is 1. The first kappa shape index (κ1) is 13.4. The number of rotatable bonds is 4. The number of hydrogen-bond acceptors (Lipinski definition) is 3. The maximum absolute atomic E-state index is 11.7. The van der Waals surface area contributed by atoms with Gasteiger partial charge < -0.3 is 10.6 Å². The average Bonchev–Trinajstić information content (AvgIpc) is 2.28. The smallest absolute Gasteiger partial charge is 0.236 e. The lowest BCUT2D eigenvalue weighted by atomic mass is 9.97. The van der Waals surface area contributed by atoms with Gasteiger partial charge in [0, 0.05) is 19.5 Å². The molecule has 0 spiro atoms. The largest absolute Gasteiger partial charge is 0.393 e. The summed E-state index contributed by atoms with van der Waals surface area (Å²) < 4.78 is 0. The number of hydrogen-bond donors (Lipinski definition) is 1. The van der Waals surface area contributed by atoms with Crippen molar-refractivity contribution in [3.8, 4) is 0 Å². The Bertz CT molecular complexity index is 262. The topological polar surface area (TPSA) is 49.6 Å². The Labute approximate surface area is 103 Å². The number of nitrogens with two attached hydrogens (primary N) is 1. The summed E-state index contributed by atoms with van der Waals surface area (Å²) in [4.78, 5) is 16.2. The molecule has 0 aromatic rings. The van der Waals surface area contributed by atoms with Crippen LogP contribution in [0.1, 0.15) is 19.8 Å². The molecule has 1 amide bonds. The van der Waals surface area contributed by atoms with Crippen LogP contribution in [0.3, 0.4) is 0 Å². The highest BCUT2D eigenvalue weighted by atomic mass is 32.1. The van der Waals surface area contributed by atoms with E-state index in [1.807, 2.05) is 14.0 Å². The molecule has 0 atom stereocenters. The third-order valence-corrected chi connectivity index (χ3v) is 3.58. The summed E-state index contributed by atoms with van der Waals surface area (Å²) in [5.41, 5.74) is 5.62. The summed E-state index contributed by atoms with van der Waals surface area (Å²) in [6.45, 7) is 5.12. The number of carbonyl (C=O) groups excluding carboxylic acids is 1. The molecule has 92 valence electrons. The Balaban J connectivity index is 2.32. The molecule has 0 aromatic heterocycles. The zero-order valence-electron chi connectivity index (χ0n) is 10.1. The van der Waals surface area contributed by atoms with E-state index in [0.717, 1.165) is 32.5 Å². The van der Waals surface area contributed by atoms with Crippen LogP contribution in [0.2, 0.25) is 0 Å². The first-order valence-electron chi connectivity index (χ1n) is 5.80. The van der Waals surface area contributed by atoms with Crippen molar-refractivity contribution in [3.05, 3.63) is 0 Å². The minimum Gasteiger partial charge on any atom is -0.393 e. The predicted molar refractivity (Wildman–Crippen MR) is 69.3 cm³/mol. The summed E-state index contributed by atoms with van der Waals surface area (Å²) in [5.74, 6) is 0.557. The van der Waals surface area contributed by atoms with Gasteiger partial charge in [0.05, 0.1) is 11.5 Å². The Hall–Kier alpha value is -0.680. The molecule has 1 heterocycles. The van der Waals surface area contributed by atoms with Gasteiger partial charge in [-0.2, -0.15) is 0 Å². The number of nitrogens with zero attached hydrogens (tertiary/aromatic N) is 2. The van der Waals surface area contributed by atoms with E-state index in [0.29, 0.717) is 17.5 Å². The lowest BCUT2D eigenvalue weighted by Crippen LogP contribution is -2.43. The summed E-state index contributed by atoms with van der Waals surface area (Å²) in [5, 5.41) is 0. The molecule has 0 saturated carbocycles. The normalized spacial score (nSPS) is 18.4. The molecule has 2 N–H and O–H groups in total. The van der Waals surface area contributed by atoms with E-state index < -0.39 is 0 Å². The van der Waals surface area contributed by atoms with Crippen LogP contribution in [0.5, 0.6) is 0 Å². The van der Waals surface area contributed by atoms with Crippen LogP contribution in [0.15, 0.2) is 0 Å². The van der Waals surface area contributed by atoms with E-state index >= 15 is 0 Å². The minimum absolute atomic E-state index is 0.191. The van der Waals surface area contributed by atoms with E-state index in [-0.39, 0.29) is 5.91 Å². The number of amides is 1. The molecule has 1 aliphatic rings. The summed E-state index contributed by atoms with van der Waals surface area (Å²) in [6.07, 6.45) is 1.97. The van der Waals surface area contributed by atoms with E-state index in [4.69, 9.17) is 18.0 Å². The molecule has 16 heavy (non-hydrogen) atoms. The fraction of sp³-hybridized carbons (Fsp3) is 0.818. The van der Waals surface area contributed by atoms with Crippen LogP contribution < -0.4 is 5.73 Å². The molecule has 1 rings (SSSR count). The standard InChI is InChI=1S/C11H21N3OS/c1-3-13(2)10(15)8-14-6-4-9(5-7-14)11(12)16/h9H,3-8H2,1-2H3,(H2,12,16). The van der Waals surface area contributed by atoms with Gasteiger partial charge in [-0.25, -0.2) is 0 Å². The first-order valence-corrected chi connectivity index (χ1v) is 6.21. The highest BCUT2D eigenvalue weighted by molar-refractivity contribution is 7.80. The van der Waals surface area contributed by atoms with Gasteiger partial charge in [-0.1, -0.05) is 12.2 Å². The van der Waals surface area contributed by atoms with Crippen molar-refractivity contribution in [2.75, 3.05) is 33.2 Å². The third kappa shape index (κ3) is 3.72. The van der Waals surface area contributed by atoms with Crippen LogP contribution in [0.4, 0.5) is 0 Å². The maximum atomic E-state index is 11.7. The van der Waals surface area contributed by atoms with Gasteiger partial charge in [0.2, 0.25) is 5.91 Å². The third-order valence-electron chi connectivity index (χ3n) is 3.25. The number of likely N-dealkylation sites (tertiary alicyclic amines) is 1. The van der Waals surface area contributed by atoms with E-state index in [1.54, 1.807) is 4.90 Å². The molecular formula is C11H21N3OS. The Morgan fingerprint density at radius 2 is 2.06 bits per heavy atom. The van der Waals surface area contributed by atoms with Crippen LogP contribution in [0.25, 0.3) is 0 Å². The van der Waals surface area contributed by atoms with Crippen molar-refractivity contribution in [1.29, 1.82) is 0 Å². The molecule has 1 aliphatic heterocycles. The van der Waals surface area contributed by atoms with Gasteiger partial charge in [-0.3, -0.25) is 9.69 Å². The zero-order chi connectivity index (χ0) is 12.1. The van der Waals surface area contributed by atoms with Gasteiger partial charge in [0.15, 0.2) is 0 Å². The first-order chi connectivity index (χ1) is 7.54. The molecule has 1 fully saturated rings. The van der Waals surface area contributed by atoms with Crippen molar-refractivity contribution in [1.82, 2.24) is 9.80 Å². The van der Waals surface area contributed by atoms with Crippen molar-refractivity contribution >= 4 is 23.1 Å². The predicted octanol–water partition coefficient (Wildman–Crippen LogP) is 0.463. The lowest BCUT2D eigenvalue weighted by Gasteiger charge is -2.31. The van der Waals surface area contributed by atoms with E-state index in [2.05, 4.69) is 4.90 Å². The summed E-state index contributed by atoms with van der Waals surface area (Å²) in [6, 6.07) is 0. The minimum atomic E-state index is 0.191. The molecule has 0 bridgehead atoms. The van der Waals surface area contributed by atoms with Crippen molar-refractivity contribution in [2.24, 2.45) is 11.7 Å². The Morgan fingerprint density at radius 1 is 1.50 bits per heavy atom. The number of likely N-dealkylation sites (N-methyl/N-ethyl adjacent to an activating group) is 1. The molecule has 4 nitrogen and oxygen atoms in total. The van der Waals surface area contributed by atoms with Gasteiger partial charge >= 0.3 is 0 Å². The fourth-order valence-corrected chi connectivity index (χ4v) is 2.10. The van der Waals surface area contributed by atoms with Gasteiger partial charge in [0.25, 0.3) is 0 Å². The van der Waals surface area contributed by atoms with Crippen LogP contribution >= 0.6 is 12.2 Å². The molecule has 0 aromatic carbocycles. The van der Waals surface area contributed by atoms with Gasteiger partial charge in [-0.15, -0.1) is 0 Å². The quantitative estimate of drug-likeness (QED) is 0.729. The summed E-state index contributed by atoms with van der Waals surface area (Å²) >= 11 is 4.99. The van der Waals surface area contributed by atoms with Gasteiger partial charge in [-0.05, 0) is 32.9 Å². The molecule has 0 unspecified atom stereocenters. The highest BCUT2D eigenvalue weighted by Gasteiger charge is 2.22. The molecular weight excluding hydrogens is 222 g/mol. The average molecular weight is 243 g/mol. The Morgan fingerprint density at radius 3 is 2.50 bits per heavy atom. The van der Waals surface area contributed by atoms with Crippen LogP contribution in [-0.4, -0.2) is 53.9 Å². The van der Waals surface area contributed by atoms with Gasteiger partial charge in [0.1, 0.15) is 0 Å².